The van der Waals surface area contributed by atoms with E-state index in [0.29, 0.717) is 0 Å². The lowest BCUT2D eigenvalue weighted by Gasteiger charge is -2.25. The van der Waals surface area contributed by atoms with Gasteiger partial charge in [0.05, 0.1) is 0 Å². The van der Waals surface area contributed by atoms with Crippen molar-refractivity contribution in [2.75, 3.05) is 19.6 Å². The van der Waals surface area contributed by atoms with Crippen molar-refractivity contribution >= 4 is 0 Å². The van der Waals surface area contributed by atoms with Crippen LogP contribution in [0.1, 0.15) is 51.4 Å². The van der Waals surface area contributed by atoms with Gasteiger partial charge in [0.1, 0.15) is 0 Å². The zero-order chi connectivity index (χ0) is 9.64. The minimum atomic E-state index is 1.30. The lowest BCUT2D eigenvalue weighted by Crippen LogP contribution is -2.30. The van der Waals surface area contributed by atoms with Crippen LogP contribution in [0.4, 0.5) is 0 Å². The molecular weight excluding hydrogens is 170 g/mol. The van der Waals surface area contributed by atoms with Crippen molar-refractivity contribution in [3.8, 4) is 0 Å². The van der Waals surface area contributed by atoms with E-state index in [-0.39, 0.29) is 0 Å². The molecule has 1 saturated carbocycles. The SMILES string of the molecule is C(CCN1CCCCC1)=C1CCCC1. The van der Waals surface area contributed by atoms with Crippen molar-refractivity contribution in [2.24, 2.45) is 0 Å². The Morgan fingerprint density at radius 2 is 1.64 bits per heavy atom. The molecule has 14 heavy (non-hydrogen) atoms. The van der Waals surface area contributed by atoms with Crippen LogP contribution in [0.15, 0.2) is 11.6 Å². The van der Waals surface area contributed by atoms with Gasteiger partial charge in [-0.1, -0.05) is 18.1 Å². The second-order valence-electron chi connectivity index (χ2n) is 4.76. The van der Waals surface area contributed by atoms with Crippen molar-refractivity contribution < 1.29 is 0 Å². The predicted molar refractivity (Wildman–Crippen MR) is 61.5 cm³/mol. The summed E-state index contributed by atoms with van der Waals surface area (Å²) in [5.74, 6) is 0. The van der Waals surface area contributed by atoms with E-state index in [9.17, 15) is 0 Å². The Morgan fingerprint density at radius 1 is 0.929 bits per heavy atom. The Bertz CT molecular complexity index is 181. The molecule has 80 valence electrons. The highest BCUT2D eigenvalue weighted by Gasteiger charge is 2.09. The topological polar surface area (TPSA) is 3.24 Å². The predicted octanol–water partition coefficient (Wildman–Crippen LogP) is 3.36. The van der Waals surface area contributed by atoms with E-state index < -0.39 is 0 Å². The summed E-state index contributed by atoms with van der Waals surface area (Å²) < 4.78 is 0. The summed E-state index contributed by atoms with van der Waals surface area (Å²) in [5.41, 5.74) is 1.74. The van der Waals surface area contributed by atoms with Crippen molar-refractivity contribution in [1.82, 2.24) is 4.90 Å². The van der Waals surface area contributed by atoms with Crippen molar-refractivity contribution in [1.29, 1.82) is 0 Å². The summed E-state index contributed by atoms with van der Waals surface area (Å²) >= 11 is 0. The number of allylic oxidation sites excluding steroid dienone is 1. The van der Waals surface area contributed by atoms with Gasteiger partial charge in [-0.2, -0.15) is 0 Å². The highest BCUT2D eigenvalue weighted by molar-refractivity contribution is 5.05. The Balaban J connectivity index is 1.63. The normalized spacial score (nSPS) is 24.1. The molecule has 1 heterocycles. The minimum Gasteiger partial charge on any atom is -0.303 e. The van der Waals surface area contributed by atoms with Crippen molar-refractivity contribution in [2.45, 2.75) is 51.4 Å². The van der Waals surface area contributed by atoms with Crippen LogP contribution < -0.4 is 0 Å². The van der Waals surface area contributed by atoms with Gasteiger partial charge in [0.15, 0.2) is 0 Å². The monoisotopic (exact) mass is 193 g/mol. The van der Waals surface area contributed by atoms with Gasteiger partial charge >= 0.3 is 0 Å². The summed E-state index contributed by atoms with van der Waals surface area (Å²) in [6.45, 7) is 4.01. The fraction of sp³-hybridized carbons (Fsp3) is 0.846. The molecule has 2 fully saturated rings. The summed E-state index contributed by atoms with van der Waals surface area (Å²) in [6.07, 6.45) is 13.8. The summed E-state index contributed by atoms with van der Waals surface area (Å²) in [6, 6.07) is 0. The molecule has 1 saturated heterocycles. The highest BCUT2D eigenvalue weighted by atomic mass is 15.1. The molecule has 1 heteroatoms. The van der Waals surface area contributed by atoms with Gasteiger partial charge in [-0.25, -0.2) is 0 Å². The van der Waals surface area contributed by atoms with Crippen molar-refractivity contribution in [3.63, 3.8) is 0 Å². The lowest BCUT2D eigenvalue weighted by atomic mass is 10.1. The average molecular weight is 193 g/mol. The Labute approximate surface area is 88.2 Å². The highest BCUT2D eigenvalue weighted by Crippen LogP contribution is 2.24. The van der Waals surface area contributed by atoms with Crippen LogP contribution in [0, 0.1) is 0 Å². The van der Waals surface area contributed by atoms with Crippen LogP contribution in [-0.4, -0.2) is 24.5 Å². The Morgan fingerprint density at radius 3 is 2.36 bits per heavy atom. The van der Waals surface area contributed by atoms with Crippen molar-refractivity contribution in [3.05, 3.63) is 11.6 Å². The van der Waals surface area contributed by atoms with Gasteiger partial charge in [-0.05, 0) is 58.0 Å². The third-order valence-electron chi connectivity index (χ3n) is 3.57. The maximum absolute atomic E-state index is 2.63. The third kappa shape index (κ3) is 3.13. The zero-order valence-corrected chi connectivity index (χ0v) is 9.30. The van der Waals surface area contributed by atoms with Crippen LogP contribution >= 0.6 is 0 Å². The van der Waals surface area contributed by atoms with E-state index in [0.717, 1.165) is 0 Å². The number of likely N-dealkylation sites (tertiary alicyclic amines) is 1. The number of nitrogens with zero attached hydrogens (tertiary/aromatic N) is 1. The van der Waals surface area contributed by atoms with Crippen LogP contribution in [0.3, 0.4) is 0 Å². The Hall–Kier alpha value is -0.300. The van der Waals surface area contributed by atoms with Gasteiger partial charge in [0.25, 0.3) is 0 Å². The second-order valence-corrected chi connectivity index (χ2v) is 4.76. The van der Waals surface area contributed by atoms with E-state index in [4.69, 9.17) is 0 Å². The maximum atomic E-state index is 2.63. The van der Waals surface area contributed by atoms with Gasteiger partial charge < -0.3 is 4.90 Å². The standard InChI is InChI=1S/C13H23N/c1-4-10-14(11-5-1)12-6-9-13-7-2-3-8-13/h9H,1-8,10-12H2. The first-order valence-corrected chi connectivity index (χ1v) is 6.35. The van der Waals surface area contributed by atoms with Gasteiger partial charge in [0, 0.05) is 6.54 Å². The second kappa shape index (κ2) is 5.55. The van der Waals surface area contributed by atoms with Gasteiger partial charge in [-0.3, -0.25) is 0 Å². The van der Waals surface area contributed by atoms with Crippen LogP contribution in [0.2, 0.25) is 0 Å². The fourth-order valence-electron chi connectivity index (χ4n) is 2.67. The summed E-state index contributed by atoms with van der Waals surface area (Å²) in [5, 5.41) is 0. The molecule has 0 atom stereocenters. The number of rotatable bonds is 3. The van der Waals surface area contributed by atoms with Crippen LogP contribution in [0.5, 0.6) is 0 Å². The molecule has 2 rings (SSSR count). The summed E-state index contributed by atoms with van der Waals surface area (Å²) in [7, 11) is 0. The molecule has 0 aromatic rings. The van der Waals surface area contributed by atoms with E-state index in [2.05, 4.69) is 11.0 Å². The zero-order valence-electron chi connectivity index (χ0n) is 9.30. The molecule has 0 amide bonds. The number of piperidine rings is 1. The van der Waals surface area contributed by atoms with E-state index in [1.807, 2.05) is 0 Å². The first kappa shape index (κ1) is 10.2. The van der Waals surface area contributed by atoms with E-state index in [1.54, 1.807) is 5.57 Å². The fourth-order valence-corrected chi connectivity index (χ4v) is 2.67. The van der Waals surface area contributed by atoms with E-state index >= 15 is 0 Å². The molecule has 1 aliphatic carbocycles. The number of hydrogen-bond acceptors (Lipinski definition) is 1. The summed E-state index contributed by atoms with van der Waals surface area (Å²) in [4.78, 5) is 2.63. The number of hydrogen-bond donors (Lipinski definition) is 0. The average Bonchev–Trinajstić information content (AvgIpc) is 2.72. The molecule has 0 spiro atoms. The molecule has 0 radical (unpaired) electrons. The maximum Gasteiger partial charge on any atom is 0.00160 e. The van der Waals surface area contributed by atoms with Gasteiger partial charge in [0.2, 0.25) is 0 Å². The molecular formula is C13H23N. The molecule has 1 aliphatic heterocycles. The van der Waals surface area contributed by atoms with E-state index in [1.165, 1.54) is 71.0 Å². The molecule has 2 aliphatic rings. The minimum absolute atomic E-state index is 1.30. The molecule has 0 N–H and O–H groups in total. The first-order chi connectivity index (χ1) is 6.95. The van der Waals surface area contributed by atoms with Gasteiger partial charge in [-0.15, -0.1) is 0 Å². The van der Waals surface area contributed by atoms with Crippen LogP contribution in [-0.2, 0) is 0 Å². The molecule has 1 nitrogen and oxygen atoms in total. The first-order valence-electron chi connectivity index (χ1n) is 6.35. The Kier molecular flexibility index (Phi) is 4.05. The smallest absolute Gasteiger partial charge is 0.00160 e. The molecule has 0 aromatic heterocycles. The molecule has 0 bridgehead atoms. The van der Waals surface area contributed by atoms with Crippen LogP contribution in [0.25, 0.3) is 0 Å². The molecule has 0 unspecified atom stereocenters. The lowest BCUT2D eigenvalue weighted by molar-refractivity contribution is 0.233. The quantitative estimate of drug-likeness (QED) is 0.621. The third-order valence-corrected chi connectivity index (χ3v) is 3.57. The molecule has 0 aromatic carbocycles. The largest absolute Gasteiger partial charge is 0.303 e.